The number of piperidine rings is 1. The van der Waals surface area contributed by atoms with E-state index in [1.165, 1.54) is 0 Å². The van der Waals surface area contributed by atoms with Crippen LogP contribution in [0, 0.1) is 0 Å². The summed E-state index contributed by atoms with van der Waals surface area (Å²) in [7, 11) is 0. The third-order valence-electron chi connectivity index (χ3n) is 8.12. The van der Waals surface area contributed by atoms with Gasteiger partial charge in [-0.3, -0.25) is 19.3 Å². The number of hydrogen-bond acceptors (Lipinski definition) is 5. The van der Waals surface area contributed by atoms with E-state index < -0.39 is 17.9 Å². The van der Waals surface area contributed by atoms with Crippen LogP contribution in [0.15, 0.2) is 66.7 Å². The van der Waals surface area contributed by atoms with Crippen molar-refractivity contribution in [3.63, 3.8) is 0 Å². The number of hydrogen-bond donors (Lipinski definition) is 1. The number of carboxylic acids is 1. The first-order valence-corrected chi connectivity index (χ1v) is 15.0. The largest absolute Gasteiger partial charge is 0.486 e. The van der Waals surface area contributed by atoms with Gasteiger partial charge in [0.2, 0.25) is 5.91 Å². The Morgan fingerprint density at radius 3 is 2.27 bits per heavy atom. The second-order valence-corrected chi connectivity index (χ2v) is 11.1. The number of ether oxygens (including phenoxy) is 2. The lowest BCUT2D eigenvalue weighted by Crippen LogP contribution is -2.45. The molecular formula is C31H29IN2O6. The van der Waals surface area contributed by atoms with Gasteiger partial charge in [-0.15, -0.1) is 0 Å². The number of carbonyl (C=O) groups excluding carboxylic acids is 2. The van der Waals surface area contributed by atoms with Crippen LogP contribution in [0.3, 0.4) is 0 Å². The number of carbonyl (C=O) groups is 3. The number of benzene rings is 3. The molecule has 3 aliphatic heterocycles. The zero-order chi connectivity index (χ0) is 27.8. The molecule has 0 aromatic heterocycles. The predicted octanol–water partition coefficient (Wildman–Crippen LogP) is 5.17. The highest BCUT2D eigenvalue weighted by molar-refractivity contribution is 14.1. The van der Waals surface area contributed by atoms with Crippen molar-refractivity contribution in [3.05, 3.63) is 89.0 Å². The highest BCUT2D eigenvalue weighted by Crippen LogP contribution is 2.47. The van der Waals surface area contributed by atoms with Gasteiger partial charge in [0.1, 0.15) is 19.1 Å². The molecule has 3 aromatic carbocycles. The summed E-state index contributed by atoms with van der Waals surface area (Å²) >= 11 is 2.11. The summed E-state index contributed by atoms with van der Waals surface area (Å²) in [5.41, 5.74) is 3.34. The fourth-order valence-electron chi connectivity index (χ4n) is 6.12. The average Bonchev–Trinajstić information content (AvgIpc) is 3.00. The van der Waals surface area contributed by atoms with Crippen LogP contribution < -0.4 is 14.4 Å². The van der Waals surface area contributed by atoms with Gasteiger partial charge >= 0.3 is 5.97 Å². The Morgan fingerprint density at radius 1 is 0.900 bits per heavy atom. The summed E-state index contributed by atoms with van der Waals surface area (Å²) in [6.07, 6.45) is 1.78. The van der Waals surface area contributed by atoms with Crippen molar-refractivity contribution in [3.8, 4) is 11.5 Å². The molecule has 0 saturated carbocycles. The van der Waals surface area contributed by atoms with Crippen LogP contribution in [0.4, 0.5) is 5.69 Å². The van der Waals surface area contributed by atoms with Crippen molar-refractivity contribution in [2.45, 2.75) is 30.7 Å². The second kappa shape index (κ2) is 11.1. The fraction of sp³-hybridized carbons (Fsp3) is 0.323. The molecule has 0 spiro atoms. The van der Waals surface area contributed by atoms with Gasteiger partial charge in [-0.2, -0.15) is 0 Å². The van der Waals surface area contributed by atoms with Gasteiger partial charge in [-0.05, 0) is 65.8 Å². The van der Waals surface area contributed by atoms with Crippen LogP contribution in [-0.2, 0) is 9.59 Å². The van der Waals surface area contributed by atoms with Crippen LogP contribution in [-0.4, -0.2) is 58.5 Å². The van der Waals surface area contributed by atoms with Gasteiger partial charge in [-0.1, -0.05) is 59.0 Å². The van der Waals surface area contributed by atoms with Gasteiger partial charge < -0.3 is 19.5 Å². The molecule has 1 saturated heterocycles. The van der Waals surface area contributed by atoms with Gasteiger partial charge in [0.25, 0.3) is 5.91 Å². The van der Waals surface area contributed by atoms with Crippen molar-refractivity contribution in [2.75, 3.05) is 35.6 Å². The number of likely N-dealkylation sites (tertiary alicyclic amines) is 1. The molecule has 0 radical (unpaired) electrons. The van der Waals surface area contributed by atoms with Gasteiger partial charge in [0, 0.05) is 24.3 Å². The summed E-state index contributed by atoms with van der Waals surface area (Å²) < 4.78 is 12.0. The van der Waals surface area contributed by atoms with E-state index in [1.807, 2.05) is 35.2 Å². The number of carboxylic acid groups (broad SMARTS) is 1. The van der Waals surface area contributed by atoms with Crippen molar-refractivity contribution >= 4 is 46.1 Å². The summed E-state index contributed by atoms with van der Waals surface area (Å²) in [5.74, 6) is -0.577. The number of alkyl halides is 1. The fourth-order valence-corrected chi connectivity index (χ4v) is 6.61. The Kier molecular flexibility index (Phi) is 7.39. The van der Waals surface area contributed by atoms with E-state index in [9.17, 15) is 19.5 Å². The molecule has 206 valence electrons. The van der Waals surface area contributed by atoms with E-state index >= 15 is 0 Å². The molecule has 40 heavy (non-hydrogen) atoms. The molecule has 1 N–H and O–H groups in total. The van der Waals surface area contributed by atoms with Crippen molar-refractivity contribution in [1.82, 2.24) is 4.90 Å². The molecule has 8 nitrogen and oxygen atoms in total. The van der Waals surface area contributed by atoms with E-state index in [4.69, 9.17) is 9.47 Å². The number of halogens is 1. The topological polar surface area (TPSA) is 96.4 Å². The van der Waals surface area contributed by atoms with E-state index in [1.54, 1.807) is 41.3 Å². The van der Waals surface area contributed by atoms with Crippen molar-refractivity contribution < 1.29 is 29.0 Å². The lowest BCUT2D eigenvalue weighted by molar-refractivity contribution is -0.139. The van der Waals surface area contributed by atoms with E-state index in [0.717, 1.165) is 31.5 Å². The van der Waals surface area contributed by atoms with Crippen LogP contribution in [0.25, 0.3) is 0 Å². The van der Waals surface area contributed by atoms with E-state index in [0.29, 0.717) is 57.4 Å². The Labute approximate surface area is 246 Å². The Morgan fingerprint density at radius 2 is 1.57 bits per heavy atom. The lowest BCUT2D eigenvalue weighted by Gasteiger charge is -2.41. The zero-order valence-corrected chi connectivity index (χ0v) is 24.0. The number of amides is 2. The first kappa shape index (κ1) is 26.6. The molecular weight excluding hydrogens is 623 g/mol. The minimum absolute atomic E-state index is 0.177. The Balaban J connectivity index is 1.37. The molecule has 0 bridgehead atoms. The predicted molar refractivity (Wildman–Crippen MR) is 158 cm³/mol. The highest BCUT2D eigenvalue weighted by atomic mass is 127. The second-order valence-electron chi connectivity index (χ2n) is 10.3. The first-order valence-electron chi connectivity index (χ1n) is 13.4. The normalized spacial score (nSPS) is 20.7. The minimum atomic E-state index is -1.01. The molecule has 3 aliphatic rings. The Bertz CT molecular complexity index is 1450. The third-order valence-corrected chi connectivity index (χ3v) is 8.77. The van der Waals surface area contributed by atoms with E-state index in [-0.39, 0.29) is 11.8 Å². The monoisotopic (exact) mass is 652 g/mol. The van der Waals surface area contributed by atoms with Crippen molar-refractivity contribution in [2.24, 2.45) is 0 Å². The SMILES string of the molecule is O=C(O)C1c2ccccc2C(=O)N(c2ccc(C3CCN(C(=O)CI)CC3)cc2)C1c1ccc2c(c1)OCCO2. The maximum atomic E-state index is 14.0. The minimum Gasteiger partial charge on any atom is -0.486 e. The van der Waals surface area contributed by atoms with Crippen LogP contribution in [0.1, 0.15) is 57.8 Å². The average molecular weight is 652 g/mol. The molecule has 0 aliphatic carbocycles. The quantitative estimate of drug-likeness (QED) is 0.302. The molecule has 2 unspecified atom stereocenters. The number of aliphatic carboxylic acids is 1. The summed E-state index contributed by atoms with van der Waals surface area (Å²) in [5, 5.41) is 10.5. The Hall–Kier alpha value is -3.60. The maximum absolute atomic E-state index is 14.0. The number of nitrogens with zero attached hydrogens (tertiary/aromatic N) is 2. The van der Waals surface area contributed by atoms with Crippen LogP contribution >= 0.6 is 22.6 Å². The molecule has 9 heteroatoms. The molecule has 2 atom stereocenters. The third kappa shape index (κ3) is 4.80. The highest BCUT2D eigenvalue weighted by Gasteiger charge is 2.45. The van der Waals surface area contributed by atoms with Crippen molar-refractivity contribution in [1.29, 1.82) is 0 Å². The molecule has 1 fully saturated rings. The molecule has 3 heterocycles. The van der Waals surface area contributed by atoms with Gasteiger partial charge in [-0.25, -0.2) is 0 Å². The summed E-state index contributed by atoms with van der Waals surface area (Å²) in [6, 6.07) is 19.4. The number of anilines is 1. The first-order chi connectivity index (χ1) is 19.5. The standard InChI is InChI=1S/C31H29IN2O6/c32-18-27(35)33-13-11-20(12-14-33)19-5-8-22(9-6-19)34-29(21-7-10-25-26(17-21)40-16-15-39-25)28(31(37)38)23-3-1-2-4-24(23)30(34)36/h1-10,17,20,28-29H,11-16,18H2,(H,37,38). The van der Waals surface area contributed by atoms with Gasteiger partial charge in [0.15, 0.2) is 11.5 Å². The van der Waals surface area contributed by atoms with Crippen LogP contribution in [0.2, 0.25) is 0 Å². The molecule has 3 aromatic rings. The molecule has 2 amide bonds. The van der Waals surface area contributed by atoms with E-state index in [2.05, 4.69) is 22.6 Å². The smallest absolute Gasteiger partial charge is 0.313 e. The number of fused-ring (bicyclic) bond motifs is 2. The number of rotatable bonds is 5. The summed E-state index contributed by atoms with van der Waals surface area (Å²) in [4.78, 5) is 42.4. The van der Waals surface area contributed by atoms with Crippen LogP contribution in [0.5, 0.6) is 11.5 Å². The van der Waals surface area contributed by atoms with Gasteiger partial charge in [0.05, 0.1) is 10.5 Å². The summed E-state index contributed by atoms with van der Waals surface area (Å²) in [6.45, 7) is 2.33. The molecule has 6 rings (SSSR count). The lowest BCUT2D eigenvalue weighted by atomic mass is 9.79. The zero-order valence-electron chi connectivity index (χ0n) is 21.8. The maximum Gasteiger partial charge on any atom is 0.313 e.